The minimum Gasteiger partial charge on any atom is -0.391 e. The molecule has 0 unspecified atom stereocenters. The van der Waals surface area contributed by atoms with E-state index in [1.807, 2.05) is 54.6 Å². The number of aliphatic hydroxyl groups is 1. The number of carbonyl (C=O) groups is 5. The fourth-order valence-corrected chi connectivity index (χ4v) is 6.60. The van der Waals surface area contributed by atoms with Crippen LogP contribution >= 0.6 is 0 Å². The van der Waals surface area contributed by atoms with Gasteiger partial charge in [-0.05, 0) is 37.0 Å². The van der Waals surface area contributed by atoms with E-state index in [0.29, 0.717) is 0 Å². The van der Waals surface area contributed by atoms with Gasteiger partial charge in [0, 0.05) is 48.9 Å². The zero-order chi connectivity index (χ0) is 32.4. The average molecular weight is 629 g/mol. The number of fused-ring (bicyclic) bond motifs is 2. The molecule has 5 amide bonds. The molecule has 2 aliphatic heterocycles. The molecule has 3 fully saturated rings. The van der Waals surface area contributed by atoms with Crippen LogP contribution in [0, 0.1) is 5.92 Å². The summed E-state index contributed by atoms with van der Waals surface area (Å²) in [5.41, 5.74) is 2.41. The van der Waals surface area contributed by atoms with E-state index in [1.54, 1.807) is 13.1 Å². The van der Waals surface area contributed by atoms with Crippen LogP contribution in [0.15, 0.2) is 60.8 Å². The number of hydrogen-bond donors (Lipinski definition) is 5. The van der Waals surface area contributed by atoms with Gasteiger partial charge in [-0.25, -0.2) is 0 Å². The molecule has 1 saturated carbocycles. The Morgan fingerprint density at radius 3 is 2.39 bits per heavy atom. The molecule has 0 bridgehead atoms. The first-order valence-electron chi connectivity index (χ1n) is 15.9. The second-order valence-electron chi connectivity index (χ2n) is 12.6. The molecule has 6 rings (SSSR count). The summed E-state index contributed by atoms with van der Waals surface area (Å²) in [4.78, 5) is 74.6. The zero-order valence-electron chi connectivity index (χ0n) is 25.8. The molecule has 0 radical (unpaired) electrons. The maximum atomic E-state index is 14.2. The smallest absolute Gasteiger partial charge is 0.246 e. The van der Waals surface area contributed by atoms with Crippen LogP contribution in [0.5, 0.6) is 0 Å². The summed E-state index contributed by atoms with van der Waals surface area (Å²) >= 11 is 0. The summed E-state index contributed by atoms with van der Waals surface area (Å²) in [6.45, 7) is 1.17. The van der Waals surface area contributed by atoms with Gasteiger partial charge in [0.05, 0.1) is 18.7 Å². The maximum Gasteiger partial charge on any atom is 0.246 e. The lowest BCUT2D eigenvalue weighted by atomic mass is 9.84. The van der Waals surface area contributed by atoms with Crippen LogP contribution in [-0.2, 0) is 30.4 Å². The topological polar surface area (TPSA) is 164 Å². The summed E-state index contributed by atoms with van der Waals surface area (Å²) in [6.07, 6.45) is 3.33. The number of H-pyrrole nitrogens is 1. The van der Waals surface area contributed by atoms with Crippen molar-refractivity contribution < 1.29 is 29.1 Å². The Labute approximate surface area is 266 Å². The molecule has 46 heavy (non-hydrogen) atoms. The molecular formula is C34H40N6O6. The van der Waals surface area contributed by atoms with Crippen molar-refractivity contribution in [2.24, 2.45) is 5.92 Å². The number of nitrogens with zero attached hydrogens (tertiary/aromatic N) is 2. The molecule has 12 heteroatoms. The number of benzene rings is 2. The summed E-state index contributed by atoms with van der Waals surface area (Å²) in [5, 5.41) is 20.0. The van der Waals surface area contributed by atoms with Crippen molar-refractivity contribution in [1.29, 1.82) is 0 Å². The number of amides is 5. The molecule has 3 heterocycles. The minimum atomic E-state index is -1.08. The molecular weight excluding hydrogens is 588 g/mol. The van der Waals surface area contributed by atoms with E-state index in [2.05, 4.69) is 20.9 Å². The van der Waals surface area contributed by atoms with Gasteiger partial charge < -0.3 is 35.8 Å². The van der Waals surface area contributed by atoms with Crippen molar-refractivity contribution >= 4 is 40.4 Å². The van der Waals surface area contributed by atoms with E-state index < -0.39 is 53.9 Å². The molecule has 1 aromatic heterocycles. The highest BCUT2D eigenvalue weighted by molar-refractivity contribution is 5.96. The van der Waals surface area contributed by atoms with E-state index in [0.717, 1.165) is 41.3 Å². The standard InChI is InChI=1S/C34H40N6O6/c1-20-31(43)38-28(21-8-3-2-4-9-21)18-39(33(45)22-10-7-11-22)19-30(42)37-27(14-23-16-35-26-13-6-5-12-25(23)26)34(46)40-17-24(41)15-29(40)32(44)36-20/h2-6,8-9,12-13,16,20,22,24,27-29,35,41H,7,10-11,14-15,17-19H2,1H3,(H,36,44)(H,37,42)(H,38,43)/t20-,24+,27+,28-,29-/m0/s1. The Morgan fingerprint density at radius 2 is 1.65 bits per heavy atom. The van der Waals surface area contributed by atoms with Crippen molar-refractivity contribution in [3.05, 3.63) is 71.9 Å². The summed E-state index contributed by atoms with van der Waals surface area (Å²) in [7, 11) is 0. The number of carbonyl (C=O) groups excluding carboxylic acids is 5. The van der Waals surface area contributed by atoms with Gasteiger partial charge in [0.15, 0.2) is 0 Å². The second kappa shape index (κ2) is 13.3. The van der Waals surface area contributed by atoms with Gasteiger partial charge in [-0.3, -0.25) is 24.0 Å². The van der Waals surface area contributed by atoms with Crippen LogP contribution in [0.3, 0.4) is 0 Å². The summed E-state index contributed by atoms with van der Waals surface area (Å²) in [6, 6.07) is 13.0. The molecule has 3 aliphatic rings. The molecule has 2 aromatic carbocycles. The summed E-state index contributed by atoms with van der Waals surface area (Å²) < 4.78 is 0. The number of nitrogens with one attached hydrogen (secondary N) is 4. The van der Waals surface area contributed by atoms with Crippen LogP contribution in [0.4, 0.5) is 0 Å². The lowest BCUT2D eigenvalue weighted by Crippen LogP contribution is -2.56. The molecule has 5 atom stereocenters. The van der Waals surface area contributed by atoms with E-state index in [1.165, 1.54) is 9.80 Å². The Bertz CT molecular complexity index is 1620. The number of aromatic amines is 1. The van der Waals surface area contributed by atoms with Crippen LogP contribution in [0.2, 0.25) is 0 Å². The van der Waals surface area contributed by atoms with Crippen LogP contribution in [-0.4, -0.2) is 93.3 Å². The summed E-state index contributed by atoms with van der Waals surface area (Å²) in [5.74, 6) is -2.50. The van der Waals surface area contributed by atoms with Crippen LogP contribution in [0.25, 0.3) is 10.9 Å². The third-order valence-electron chi connectivity index (χ3n) is 9.37. The van der Waals surface area contributed by atoms with Gasteiger partial charge >= 0.3 is 0 Å². The Hall–Kier alpha value is -4.71. The maximum absolute atomic E-state index is 14.2. The predicted octanol–water partition coefficient (Wildman–Crippen LogP) is 1.16. The number of hydrogen-bond acceptors (Lipinski definition) is 6. The van der Waals surface area contributed by atoms with E-state index >= 15 is 0 Å². The fourth-order valence-electron chi connectivity index (χ4n) is 6.60. The molecule has 0 spiro atoms. The van der Waals surface area contributed by atoms with Crippen molar-refractivity contribution in [1.82, 2.24) is 30.7 Å². The highest BCUT2D eigenvalue weighted by Gasteiger charge is 2.43. The average Bonchev–Trinajstić information content (AvgIpc) is 3.62. The van der Waals surface area contributed by atoms with Gasteiger partial charge in [0.2, 0.25) is 29.5 Å². The van der Waals surface area contributed by atoms with Crippen LogP contribution < -0.4 is 16.0 Å². The van der Waals surface area contributed by atoms with Crippen molar-refractivity contribution in [2.75, 3.05) is 19.6 Å². The first-order chi connectivity index (χ1) is 22.2. The van der Waals surface area contributed by atoms with Crippen molar-refractivity contribution in [3.63, 3.8) is 0 Å². The predicted molar refractivity (Wildman–Crippen MR) is 169 cm³/mol. The lowest BCUT2D eigenvalue weighted by molar-refractivity contribution is -0.144. The van der Waals surface area contributed by atoms with Crippen molar-refractivity contribution in [3.8, 4) is 0 Å². The first-order valence-corrected chi connectivity index (χ1v) is 15.9. The van der Waals surface area contributed by atoms with E-state index in [-0.39, 0.29) is 44.3 Å². The van der Waals surface area contributed by atoms with E-state index in [9.17, 15) is 29.1 Å². The van der Waals surface area contributed by atoms with Crippen molar-refractivity contribution in [2.45, 2.75) is 69.3 Å². The Balaban J connectivity index is 1.36. The molecule has 1 aliphatic carbocycles. The second-order valence-corrected chi connectivity index (χ2v) is 12.6. The molecule has 242 valence electrons. The molecule has 12 nitrogen and oxygen atoms in total. The van der Waals surface area contributed by atoms with Crippen LogP contribution in [0.1, 0.15) is 49.8 Å². The van der Waals surface area contributed by atoms with Gasteiger partial charge in [-0.1, -0.05) is 55.0 Å². The minimum absolute atomic E-state index is 0.00400. The molecule has 5 N–H and O–H groups in total. The largest absolute Gasteiger partial charge is 0.391 e. The first kappa shape index (κ1) is 31.3. The third-order valence-corrected chi connectivity index (χ3v) is 9.37. The van der Waals surface area contributed by atoms with E-state index in [4.69, 9.17) is 0 Å². The highest BCUT2D eigenvalue weighted by Crippen LogP contribution is 2.29. The molecule has 3 aromatic rings. The zero-order valence-corrected chi connectivity index (χ0v) is 25.8. The van der Waals surface area contributed by atoms with Gasteiger partial charge in [0.1, 0.15) is 18.1 Å². The van der Waals surface area contributed by atoms with Gasteiger partial charge in [-0.2, -0.15) is 0 Å². The third kappa shape index (κ3) is 6.62. The van der Waals surface area contributed by atoms with Gasteiger partial charge in [-0.15, -0.1) is 0 Å². The monoisotopic (exact) mass is 628 g/mol. The Kier molecular flexibility index (Phi) is 9.07. The normalized spacial score (nSPS) is 26.8. The fraction of sp³-hybridized carbons (Fsp3) is 0.441. The SMILES string of the molecule is C[C@@H]1NC(=O)[C@@H]2C[C@@H](O)CN2C(=O)[C@@H](Cc2c[nH]c3ccccc23)NC(=O)CN(C(=O)C2CCC2)C[C@@H](c2ccccc2)NC1=O. The van der Waals surface area contributed by atoms with Gasteiger partial charge in [0.25, 0.3) is 0 Å². The number of rotatable bonds is 4. The quantitative estimate of drug-likeness (QED) is 0.291. The lowest BCUT2D eigenvalue weighted by Gasteiger charge is -2.34. The Morgan fingerprint density at radius 1 is 0.913 bits per heavy atom. The molecule has 2 saturated heterocycles. The number of aliphatic hydroxyl groups excluding tert-OH is 1. The number of para-hydroxylation sites is 1. The number of aromatic nitrogens is 1. The highest BCUT2D eigenvalue weighted by atomic mass is 16.3.